The van der Waals surface area contributed by atoms with E-state index >= 15 is 0 Å². The number of carbonyl (C=O) groups excluding carboxylic acids is 1. The molecule has 5 nitrogen and oxygen atoms in total. The quantitative estimate of drug-likeness (QED) is 0.757. The van der Waals surface area contributed by atoms with Crippen molar-refractivity contribution in [2.45, 2.75) is 25.8 Å². The van der Waals surface area contributed by atoms with E-state index in [0.29, 0.717) is 0 Å². The Bertz CT molecular complexity index is 270. The Morgan fingerprint density at radius 3 is 2.29 bits per heavy atom. The number of likely N-dealkylation sites (N-methyl/N-ethyl adjacent to an activating group) is 1. The molecule has 0 spiro atoms. The van der Waals surface area contributed by atoms with Gasteiger partial charge in [-0.25, -0.2) is 0 Å². The molecule has 2 fully saturated rings. The van der Waals surface area contributed by atoms with Crippen LogP contribution < -0.4 is 10.6 Å². The molecule has 2 aliphatic rings. The van der Waals surface area contributed by atoms with Crippen LogP contribution in [0.15, 0.2) is 0 Å². The van der Waals surface area contributed by atoms with Crippen LogP contribution in [0.2, 0.25) is 0 Å². The van der Waals surface area contributed by atoms with Crippen molar-refractivity contribution in [3.63, 3.8) is 0 Å². The maximum Gasteiger partial charge on any atom is 0.237 e. The van der Waals surface area contributed by atoms with Gasteiger partial charge in [-0.3, -0.25) is 9.69 Å². The lowest BCUT2D eigenvalue weighted by Crippen LogP contribution is -2.49. The van der Waals surface area contributed by atoms with Gasteiger partial charge in [0.15, 0.2) is 0 Å². The van der Waals surface area contributed by atoms with E-state index in [2.05, 4.69) is 27.4 Å². The standard InChI is InChI=1S/C13H26N4O.3ClH/c1-2-16-8-10-17(11-9-16)7-6-15-13(18)12-4-3-5-14-12;;;/h12,14H,2-11H2,1H3,(H,15,18);3*1H. The molecule has 0 bridgehead atoms. The van der Waals surface area contributed by atoms with Crippen LogP contribution in [0, 0.1) is 0 Å². The van der Waals surface area contributed by atoms with Gasteiger partial charge < -0.3 is 15.5 Å². The summed E-state index contributed by atoms with van der Waals surface area (Å²) in [5, 5.41) is 6.27. The minimum absolute atomic E-state index is 0. The van der Waals surface area contributed by atoms with Gasteiger partial charge in [-0.05, 0) is 25.9 Å². The Balaban J connectivity index is 0. The maximum absolute atomic E-state index is 11.8. The number of nitrogens with zero attached hydrogens (tertiary/aromatic N) is 2. The van der Waals surface area contributed by atoms with Crippen molar-refractivity contribution < 1.29 is 4.79 Å². The predicted molar refractivity (Wildman–Crippen MR) is 94.3 cm³/mol. The third-order valence-corrected chi connectivity index (χ3v) is 4.02. The Morgan fingerprint density at radius 2 is 1.76 bits per heavy atom. The van der Waals surface area contributed by atoms with Gasteiger partial charge in [0.05, 0.1) is 6.04 Å². The normalized spacial score (nSPS) is 22.6. The summed E-state index contributed by atoms with van der Waals surface area (Å²) < 4.78 is 0. The summed E-state index contributed by atoms with van der Waals surface area (Å²) in [5.74, 6) is 0.180. The van der Waals surface area contributed by atoms with E-state index in [1.165, 1.54) is 0 Å². The van der Waals surface area contributed by atoms with Crippen LogP contribution in [-0.4, -0.2) is 74.1 Å². The van der Waals surface area contributed by atoms with Crippen LogP contribution in [0.1, 0.15) is 19.8 Å². The van der Waals surface area contributed by atoms with Crippen LogP contribution in [0.4, 0.5) is 0 Å². The lowest BCUT2D eigenvalue weighted by molar-refractivity contribution is -0.122. The second kappa shape index (κ2) is 12.7. The summed E-state index contributed by atoms with van der Waals surface area (Å²) in [4.78, 5) is 16.7. The first-order valence-corrected chi connectivity index (χ1v) is 7.25. The molecule has 2 aliphatic heterocycles. The summed E-state index contributed by atoms with van der Waals surface area (Å²) in [5.41, 5.74) is 0. The smallest absolute Gasteiger partial charge is 0.237 e. The van der Waals surface area contributed by atoms with Crippen molar-refractivity contribution in [1.29, 1.82) is 0 Å². The molecule has 0 aromatic heterocycles. The van der Waals surface area contributed by atoms with Gasteiger partial charge in [0, 0.05) is 39.3 Å². The first-order valence-electron chi connectivity index (χ1n) is 7.25. The van der Waals surface area contributed by atoms with E-state index in [1.54, 1.807) is 0 Å². The van der Waals surface area contributed by atoms with Gasteiger partial charge >= 0.3 is 0 Å². The summed E-state index contributed by atoms with van der Waals surface area (Å²) in [7, 11) is 0. The second-order valence-corrected chi connectivity index (χ2v) is 5.22. The number of halogens is 3. The van der Waals surface area contributed by atoms with E-state index < -0.39 is 0 Å². The summed E-state index contributed by atoms with van der Waals surface area (Å²) in [6.45, 7) is 10.7. The Hall–Kier alpha value is 0.220. The molecule has 8 heteroatoms. The van der Waals surface area contributed by atoms with Crippen LogP contribution in [0.3, 0.4) is 0 Å². The van der Waals surface area contributed by atoms with Crippen molar-refractivity contribution in [2.24, 2.45) is 0 Å². The Labute approximate surface area is 146 Å². The third kappa shape index (κ3) is 7.86. The van der Waals surface area contributed by atoms with Gasteiger partial charge in [0.1, 0.15) is 0 Å². The largest absolute Gasteiger partial charge is 0.353 e. The molecule has 1 atom stereocenters. The molecule has 2 saturated heterocycles. The maximum atomic E-state index is 11.8. The monoisotopic (exact) mass is 362 g/mol. The van der Waals surface area contributed by atoms with Crippen LogP contribution in [0.25, 0.3) is 0 Å². The number of carbonyl (C=O) groups is 1. The average molecular weight is 364 g/mol. The number of hydrogen-bond donors (Lipinski definition) is 2. The highest BCUT2D eigenvalue weighted by Gasteiger charge is 2.21. The van der Waals surface area contributed by atoms with Crippen molar-refractivity contribution in [3.05, 3.63) is 0 Å². The summed E-state index contributed by atoms with van der Waals surface area (Å²) in [6.07, 6.45) is 2.11. The average Bonchev–Trinajstić information content (AvgIpc) is 2.93. The van der Waals surface area contributed by atoms with Crippen LogP contribution >= 0.6 is 37.2 Å². The van der Waals surface area contributed by atoms with E-state index in [9.17, 15) is 4.79 Å². The minimum atomic E-state index is 0. The molecular formula is C13H29Cl3N4O. The number of amides is 1. The lowest BCUT2D eigenvalue weighted by Gasteiger charge is -2.34. The zero-order valence-corrected chi connectivity index (χ0v) is 15.1. The Kier molecular flexibility index (Phi) is 14.2. The van der Waals surface area contributed by atoms with E-state index in [4.69, 9.17) is 0 Å². The van der Waals surface area contributed by atoms with E-state index in [-0.39, 0.29) is 49.2 Å². The first-order chi connectivity index (χ1) is 8.79. The van der Waals surface area contributed by atoms with Gasteiger partial charge in [-0.15, -0.1) is 37.2 Å². The number of piperazine rings is 1. The second-order valence-electron chi connectivity index (χ2n) is 5.22. The Morgan fingerprint density at radius 1 is 1.14 bits per heavy atom. The SMILES string of the molecule is CCN1CCN(CCNC(=O)C2CCCN2)CC1.Cl.Cl.Cl. The summed E-state index contributed by atoms with van der Waals surface area (Å²) in [6, 6.07) is 0.0574. The molecule has 0 radical (unpaired) electrons. The lowest BCUT2D eigenvalue weighted by atomic mass is 10.2. The molecule has 0 aromatic carbocycles. The zero-order chi connectivity index (χ0) is 12.8. The molecule has 2 N–H and O–H groups in total. The molecule has 128 valence electrons. The van der Waals surface area contributed by atoms with Crippen molar-refractivity contribution in [3.8, 4) is 0 Å². The highest BCUT2D eigenvalue weighted by atomic mass is 35.5. The molecule has 2 heterocycles. The van der Waals surface area contributed by atoms with Gasteiger partial charge in [0.25, 0.3) is 0 Å². The van der Waals surface area contributed by atoms with Crippen molar-refractivity contribution in [2.75, 3.05) is 52.4 Å². The molecule has 1 unspecified atom stereocenters. The van der Waals surface area contributed by atoms with Gasteiger partial charge in [-0.1, -0.05) is 6.92 Å². The van der Waals surface area contributed by atoms with Crippen molar-refractivity contribution >= 4 is 43.1 Å². The van der Waals surface area contributed by atoms with E-state index in [0.717, 1.165) is 65.2 Å². The number of hydrogen-bond acceptors (Lipinski definition) is 4. The molecule has 21 heavy (non-hydrogen) atoms. The predicted octanol–water partition coefficient (Wildman–Crippen LogP) is 0.757. The molecule has 1 amide bonds. The highest BCUT2D eigenvalue weighted by molar-refractivity contribution is 5.86. The van der Waals surface area contributed by atoms with Crippen molar-refractivity contribution in [1.82, 2.24) is 20.4 Å². The van der Waals surface area contributed by atoms with Gasteiger partial charge in [0.2, 0.25) is 5.91 Å². The zero-order valence-electron chi connectivity index (χ0n) is 12.7. The third-order valence-electron chi connectivity index (χ3n) is 4.02. The molecule has 0 aliphatic carbocycles. The molecule has 0 saturated carbocycles. The summed E-state index contributed by atoms with van der Waals surface area (Å²) >= 11 is 0. The fourth-order valence-electron chi connectivity index (χ4n) is 2.70. The minimum Gasteiger partial charge on any atom is -0.353 e. The van der Waals surface area contributed by atoms with E-state index in [1.807, 2.05) is 0 Å². The first kappa shape index (κ1) is 23.5. The number of nitrogens with one attached hydrogen (secondary N) is 2. The molecule has 2 rings (SSSR count). The topological polar surface area (TPSA) is 47.6 Å². The molecular weight excluding hydrogens is 335 g/mol. The van der Waals surface area contributed by atoms with Crippen LogP contribution in [0.5, 0.6) is 0 Å². The van der Waals surface area contributed by atoms with Gasteiger partial charge in [-0.2, -0.15) is 0 Å². The highest BCUT2D eigenvalue weighted by Crippen LogP contribution is 2.04. The fraction of sp³-hybridized carbons (Fsp3) is 0.923. The number of rotatable bonds is 5. The fourth-order valence-corrected chi connectivity index (χ4v) is 2.70. The molecule has 0 aromatic rings. The van der Waals surface area contributed by atoms with Crippen LogP contribution in [-0.2, 0) is 4.79 Å².